The zero-order valence-electron chi connectivity index (χ0n) is 18.2. The third-order valence-corrected chi connectivity index (χ3v) is 7.84. The number of benzene rings is 1. The minimum atomic E-state index is -1.70. The van der Waals surface area contributed by atoms with Crippen LogP contribution in [0, 0.1) is 0 Å². The van der Waals surface area contributed by atoms with Gasteiger partial charge in [-0.2, -0.15) is 0 Å². The number of carboxylic acid groups (broad SMARTS) is 1. The van der Waals surface area contributed by atoms with Gasteiger partial charge in [-0.15, -0.1) is 11.8 Å². The molecule has 0 aliphatic carbocycles. The van der Waals surface area contributed by atoms with E-state index in [-0.39, 0.29) is 16.1 Å². The lowest BCUT2D eigenvalue weighted by atomic mass is 9.85. The lowest BCUT2D eigenvalue weighted by molar-refractivity contribution is -0.165. The Bertz CT molecular complexity index is 999. The second-order valence-corrected chi connectivity index (χ2v) is 10.3. The van der Waals surface area contributed by atoms with Crippen molar-refractivity contribution in [1.29, 1.82) is 0 Å². The summed E-state index contributed by atoms with van der Waals surface area (Å²) < 4.78 is 5.59. The minimum Gasteiger partial charge on any atom is -0.492 e. The van der Waals surface area contributed by atoms with Crippen molar-refractivity contribution in [3.05, 3.63) is 47.1 Å². The molecular formula is C22H24N2O6S3. The van der Waals surface area contributed by atoms with Crippen molar-refractivity contribution >= 4 is 63.3 Å². The molecule has 1 aromatic carbocycles. The Kier molecular flexibility index (Phi) is 7.86. The monoisotopic (exact) mass is 508 g/mol. The fraction of sp³-hybridized carbons (Fsp3) is 0.409. The zero-order valence-corrected chi connectivity index (χ0v) is 20.7. The van der Waals surface area contributed by atoms with Crippen LogP contribution in [0.3, 0.4) is 0 Å². The molecule has 2 amide bonds. The Labute approximate surface area is 205 Å². The number of nitrogens with one attached hydrogen (secondary N) is 1. The molecule has 1 fully saturated rings. The maximum atomic E-state index is 13.5. The van der Waals surface area contributed by atoms with Crippen molar-refractivity contribution in [3.63, 3.8) is 0 Å². The number of fused-ring (bicyclic) bond motifs is 1. The molecule has 1 aromatic rings. The van der Waals surface area contributed by atoms with Gasteiger partial charge in [-0.1, -0.05) is 49.5 Å². The van der Waals surface area contributed by atoms with Crippen LogP contribution < -0.4 is 5.32 Å². The van der Waals surface area contributed by atoms with Gasteiger partial charge in [0.05, 0.1) is 16.2 Å². The number of hydrogen-bond acceptors (Lipinski definition) is 8. The van der Waals surface area contributed by atoms with Gasteiger partial charge in [-0.3, -0.25) is 14.4 Å². The number of nitrogens with zero attached hydrogens (tertiary/aromatic N) is 1. The van der Waals surface area contributed by atoms with Crippen LogP contribution in [-0.2, 0) is 23.9 Å². The lowest BCUT2D eigenvalue weighted by Gasteiger charge is -2.58. The maximum absolute atomic E-state index is 13.5. The fourth-order valence-electron chi connectivity index (χ4n) is 3.95. The molecule has 4 atom stereocenters. The van der Waals surface area contributed by atoms with E-state index in [1.807, 2.05) is 37.3 Å². The molecule has 1 saturated heterocycles. The third-order valence-electron chi connectivity index (χ3n) is 5.39. The second-order valence-electron chi connectivity index (χ2n) is 7.80. The predicted molar refractivity (Wildman–Crippen MR) is 131 cm³/mol. The van der Waals surface area contributed by atoms with Crippen molar-refractivity contribution in [3.8, 4) is 0 Å². The first-order valence-corrected chi connectivity index (χ1v) is 12.5. The van der Waals surface area contributed by atoms with Crippen molar-refractivity contribution in [1.82, 2.24) is 10.2 Å². The van der Waals surface area contributed by atoms with Crippen LogP contribution in [0.4, 0.5) is 0 Å². The van der Waals surface area contributed by atoms with E-state index in [2.05, 4.69) is 5.32 Å². The van der Waals surface area contributed by atoms with Gasteiger partial charge in [0.1, 0.15) is 11.1 Å². The molecule has 2 aliphatic heterocycles. The van der Waals surface area contributed by atoms with Gasteiger partial charge in [0.15, 0.2) is 17.2 Å². The summed E-state index contributed by atoms with van der Waals surface area (Å²) in [4.78, 5) is 51.2. The van der Waals surface area contributed by atoms with Crippen LogP contribution >= 0.6 is 35.7 Å². The number of hydrogen-bond donors (Lipinski definition) is 2. The van der Waals surface area contributed by atoms with Gasteiger partial charge in [0, 0.05) is 5.41 Å². The number of thioether (sulfide) groups is 2. The van der Waals surface area contributed by atoms with Gasteiger partial charge in [0.25, 0.3) is 5.91 Å². The normalized spacial score (nSPS) is 24.8. The van der Waals surface area contributed by atoms with Crippen LogP contribution in [0.15, 0.2) is 41.5 Å². The molecule has 176 valence electrons. The van der Waals surface area contributed by atoms with Gasteiger partial charge in [0.2, 0.25) is 5.91 Å². The molecular weight excluding hydrogens is 484 g/mol. The van der Waals surface area contributed by atoms with E-state index in [0.717, 1.165) is 22.2 Å². The number of amides is 2. The number of β-lactam (4-membered cyclic amide) rings is 1. The van der Waals surface area contributed by atoms with E-state index in [1.165, 1.54) is 5.41 Å². The molecule has 0 bridgehead atoms. The smallest absolute Gasteiger partial charge is 0.334 e. The highest BCUT2D eigenvalue weighted by Crippen LogP contribution is 2.48. The Morgan fingerprint density at radius 1 is 1.36 bits per heavy atom. The summed E-state index contributed by atoms with van der Waals surface area (Å²) in [6.07, 6.45) is 0.179. The van der Waals surface area contributed by atoms with Crippen molar-refractivity contribution in [2.75, 3.05) is 0 Å². The quantitative estimate of drug-likeness (QED) is 0.295. The minimum absolute atomic E-state index is 0.0294. The van der Waals surface area contributed by atoms with E-state index >= 15 is 0 Å². The van der Waals surface area contributed by atoms with Crippen LogP contribution in [0.1, 0.15) is 38.7 Å². The Morgan fingerprint density at radius 3 is 2.58 bits per heavy atom. The number of carboxylic acids is 1. The summed E-state index contributed by atoms with van der Waals surface area (Å²) in [5, 5.41) is 13.3. The number of carbonyl (C=O) groups excluding carboxylic acids is 3. The van der Waals surface area contributed by atoms with E-state index < -0.39 is 40.7 Å². The van der Waals surface area contributed by atoms with E-state index in [9.17, 15) is 24.3 Å². The molecule has 0 spiro atoms. The topological polar surface area (TPSA) is 113 Å². The molecule has 0 aromatic heterocycles. The first-order chi connectivity index (χ1) is 15.7. The highest BCUT2D eigenvalue weighted by atomic mass is 32.2. The molecule has 0 radical (unpaired) electrons. The molecule has 3 rings (SSSR count). The van der Waals surface area contributed by atoms with Crippen molar-refractivity contribution in [2.45, 2.75) is 56.2 Å². The number of carbonyl (C=O) groups is 4. The summed E-state index contributed by atoms with van der Waals surface area (Å²) in [5.41, 5.74) is -0.429. The average Bonchev–Trinajstić information content (AvgIpc) is 2.77. The molecule has 11 heteroatoms. The average molecular weight is 509 g/mol. The van der Waals surface area contributed by atoms with Crippen molar-refractivity contribution < 1.29 is 29.0 Å². The first-order valence-electron chi connectivity index (χ1n) is 10.3. The Hall–Kier alpha value is -2.37. The van der Waals surface area contributed by atoms with Gasteiger partial charge >= 0.3 is 5.97 Å². The van der Waals surface area contributed by atoms with Gasteiger partial charge in [-0.05, 0) is 37.6 Å². The highest BCUT2D eigenvalue weighted by Gasteiger charge is 2.69. The Morgan fingerprint density at radius 2 is 2.03 bits per heavy atom. The standard InChI is InChI=1S/C22H24N2O6S3/c1-4-14(13-8-6-5-7-9-13)17(26)23-22(21(31)33-11-25)19(29)24-16(18(27)28)15(30-12(2)3)10-32-20(22)24/h5-12,14,16,20H,4H2,1-3H3,(H,23,26)(H,27,28)/t14?,16?,20-,22?/m0/s1. The molecule has 0 saturated carbocycles. The summed E-state index contributed by atoms with van der Waals surface area (Å²) in [7, 11) is 0. The van der Waals surface area contributed by atoms with E-state index in [1.54, 1.807) is 13.8 Å². The van der Waals surface area contributed by atoms with Crippen LogP contribution in [0.5, 0.6) is 0 Å². The zero-order chi connectivity index (χ0) is 24.3. The molecule has 8 nitrogen and oxygen atoms in total. The largest absolute Gasteiger partial charge is 0.492 e. The van der Waals surface area contributed by atoms with E-state index in [4.69, 9.17) is 17.0 Å². The number of rotatable bonds is 9. The number of ether oxygens (including phenoxy) is 1. The van der Waals surface area contributed by atoms with Crippen molar-refractivity contribution in [2.24, 2.45) is 0 Å². The number of aliphatic carboxylic acids is 1. The van der Waals surface area contributed by atoms with Crippen LogP contribution in [-0.4, -0.2) is 60.7 Å². The van der Waals surface area contributed by atoms with Crippen LogP contribution in [0.2, 0.25) is 0 Å². The third kappa shape index (κ3) is 4.53. The molecule has 2 heterocycles. The second kappa shape index (κ2) is 10.3. The molecule has 2 N–H and O–H groups in total. The summed E-state index contributed by atoms with van der Waals surface area (Å²) >= 11 is 7.16. The maximum Gasteiger partial charge on any atom is 0.334 e. The summed E-state index contributed by atoms with van der Waals surface area (Å²) in [5.74, 6) is -2.78. The highest BCUT2D eigenvalue weighted by molar-refractivity contribution is 8.32. The molecule has 33 heavy (non-hydrogen) atoms. The van der Waals surface area contributed by atoms with Gasteiger partial charge < -0.3 is 20.1 Å². The lowest BCUT2D eigenvalue weighted by Crippen LogP contribution is -2.84. The molecule has 3 unspecified atom stereocenters. The molecule has 2 aliphatic rings. The predicted octanol–water partition coefficient (Wildman–Crippen LogP) is 2.92. The SMILES string of the molecule is CCC(C(=O)NC1(C(=S)SC=O)C(=O)N2C(C(=O)O)C(OC(C)C)=CS[C@H]21)c1ccccc1. The summed E-state index contributed by atoms with van der Waals surface area (Å²) in [6.45, 7) is 5.36. The van der Waals surface area contributed by atoms with Crippen LogP contribution in [0.25, 0.3) is 0 Å². The Balaban J connectivity index is 1.98. The fourth-order valence-corrected chi connectivity index (χ4v) is 6.26. The first kappa shape index (κ1) is 25.3. The number of thiocarbonyl (C=S) groups is 1. The summed E-state index contributed by atoms with van der Waals surface area (Å²) in [6, 6.07) is 7.77. The van der Waals surface area contributed by atoms with E-state index in [0.29, 0.717) is 23.8 Å². The van der Waals surface area contributed by atoms with Gasteiger partial charge in [-0.25, -0.2) is 4.79 Å².